The van der Waals surface area contributed by atoms with Crippen molar-refractivity contribution in [1.82, 2.24) is 4.90 Å². The minimum atomic E-state index is -0.753. The predicted molar refractivity (Wildman–Crippen MR) is 92.8 cm³/mol. The lowest BCUT2D eigenvalue weighted by molar-refractivity contribution is 0.0748. The Morgan fingerprint density at radius 1 is 1.17 bits per heavy atom. The summed E-state index contributed by atoms with van der Waals surface area (Å²) in [5.74, 6) is 0.758. The van der Waals surface area contributed by atoms with E-state index in [0.29, 0.717) is 29.0 Å². The van der Waals surface area contributed by atoms with Gasteiger partial charge in [-0.3, -0.25) is 4.79 Å². The van der Waals surface area contributed by atoms with Crippen molar-refractivity contribution in [1.29, 1.82) is 0 Å². The van der Waals surface area contributed by atoms with Crippen molar-refractivity contribution >= 4 is 5.91 Å². The fourth-order valence-electron chi connectivity index (χ4n) is 2.65. The number of rotatable bonds is 9. The van der Waals surface area contributed by atoms with Crippen LogP contribution in [0.5, 0.6) is 11.5 Å². The molecule has 1 amide bonds. The zero-order valence-electron chi connectivity index (χ0n) is 15.2. The highest BCUT2D eigenvalue weighted by molar-refractivity contribution is 5.98. The van der Waals surface area contributed by atoms with E-state index in [0.717, 1.165) is 6.42 Å². The molecule has 24 heavy (non-hydrogen) atoms. The molecule has 0 aliphatic heterocycles. The maximum atomic E-state index is 12.5. The van der Waals surface area contributed by atoms with Crippen LogP contribution in [0.1, 0.15) is 42.1 Å². The van der Waals surface area contributed by atoms with Gasteiger partial charge < -0.3 is 24.6 Å². The van der Waals surface area contributed by atoms with Crippen molar-refractivity contribution < 1.29 is 24.5 Å². The van der Waals surface area contributed by atoms with E-state index >= 15 is 0 Å². The van der Waals surface area contributed by atoms with Crippen molar-refractivity contribution in [2.45, 2.75) is 44.8 Å². The average molecular weight is 339 g/mol. The van der Waals surface area contributed by atoms with Gasteiger partial charge in [0.25, 0.3) is 5.91 Å². The van der Waals surface area contributed by atoms with E-state index in [1.54, 1.807) is 26.2 Å². The first-order chi connectivity index (χ1) is 11.3. The van der Waals surface area contributed by atoms with Gasteiger partial charge in [0.15, 0.2) is 0 Å². The van der Waals surface area contributed by atoms with Gasteiger partial charge in [-0.15, -0.1) is 0 Å². The molecule has 6 heteroatoms. The number of benzene rings is 1. The van der Waals surface area contributed by atoms with Gasteiger partial charge in [0.1, 0.15) is 11.5 Å². The summed E-state index contributed by atoms with van der Waals surface area (Å²) >= 11 is 0. The molecule has 0 saturated heterocycles. The molecule has 0 radical (unpaired) electrons. The van der Waals surface area contributed by atoms with Crippen LogP contribution in [-0.4, -0.2) is 61.5 Å². The lowest BCUT2D eigenvalue weighted by Crippen LogP contribution is -2.26. The van der Waals surface area contributed by atoms with Crippen molar-refractivity contribution in [3.63, 3.8) is 0 Å². The topological polar surface area (TPSA) is 79.2 Å². The van der Waals surface area contributed by atoms with Crippen LogP contribution in [-0.2, 0) is 6.42 Å². The lowest BCUT2D eigenvalue weighted by atomic mass is 9.96. The quantitative estimate of drug-likeness (QED) is 0.718. The number of aliphatic hydroxyl groups is 2. The maximum Gasteiger partial charge on any atom is 0.257 e. The molecule has 1 aromatic rings. The van der Waals surface area contributed by atoms with Gasteiger partial charge in [0, 0.05) is 20.2 Å². The molecule has 6 nitrogen and oxygen atoms in total. The number of amides is 1. The molecule has 0 bridgehead atoms. The molecule has 1 aromatic carbocycles. The molecule has 0 spiro atoms. The second-order valence-corrected chi connectivity index (χ2v) is 6.10. The SMILES string of the molecule is CCC[C@H](O)C[C@@H](O)Cc1cc(OC)cc(OC)c1C(=O)N(C)C. The van der Waals surface area contributed by atoms with E-state index in [2.05, 4.69) is 0 Å². The summed E-state index contributed by atoms with van der Waals surface area (Å²) in [6.07, 6.45) is 0.696. The predicted octanol–water partition coefficient (Wildman–Crippen LogP) is 1.86. The first kappa shape index (κ1) is 20.3. The molecule has 0 aromatic heterocycles. The number of nitrogens with zero attached hydrogens (tertiary/aromatic N) is 1. The largest absolute Gasteiger partial charge is 0.497 e. The fourth-order valence-corrected chi connectivity index (χ4v) is 2.65. The Morgan fingerprint density at radius 3 is 2.33 bits per heavy atom. The molecule has 2 atom stereocenters. The molecule has 0 unspecified atom stereocenters. The standard InChI is InChI=1S/C18H29NO5/c1-6-7-13(20)10-14(21)8-12-9-15(23-4)11-16(24-5)17(12)18(22)19(2)3/h9,11,13-14,20-21H,6-8,10H2,1-5H3/t13-,14-/m0/s1. The smallest absolute Gasteiger partial charge is 0.257 e. The van der Waals surface area contributed by atoms with Crippen LogP contribution < -0.4 is 9.47 Å². The highest BCUT2D eigenvalue weighted by Gasteiger charge is 2.23. The van der Waals surface area contributed by atoms with Gasteiger partial charge in [-0.2, -0.15) is 0 Å². The van der Waals surface area contributed by atoms with Crippen LogP contribution >= 0.6 is 0 Å². The summed E-state index contributed by atoms with van der Waals surface area (Å²) in [7, 11) is 6.36. The van der Waals surface area contributed by atoms with Crippen LogP contribution in [0, 0.1) is 0 Å². The number of carbonyl (C=O) groups excluding carboxylic acids is 1. The van der Waals surface area contributed by atoms with Crippen LogP contribution in [0.15, 0.2) is 12.1 Å². The van der Waals surface area contributed by atoms with Gasteiger partial charge in [-0.05, 0) is 30.9 Å². The number of carbonyl (C=O) groups is 1. The number of hydrogen-bond donors (Lipinski definition) is 2. The Hall–Kier alpha value is -1.79. The minimum Gasteiger partial charge on any atom is -0.497 e. The summed E-state index contributed by atoms with van der Waals surface area (Å²) < 4.78 is 10.6. The molecule has 0 saturated carbocycles. The Kier molecular flexibility index (Phi) is 8.01. The lowest BCUT2D eigenvalue weighted by Gasteiger charge is -2.21. The summed E-state index contributed by atoms with van der Waals surface area (Å²) in [6, 6.07) is 3.38. The average Bonchev–Trinajstić information content (AvgIpc) is 2.53. The molecular weight excluding hydrogens is 310 g/mol. The van der Waals surface area contributed by atoms with E-state index in [4.69, 9.17) is 9.47 Å². The summed E-state index contributed by atoms with van der Waals surface area (Å²) in [5, 5.41) is 20.2. The Morgan fingerprint density at radius 2 is 1.83 bits per heavy atom. The van der Waals surface area contributed by atoms with Gasteiger partial charge in [0.05, 0.1) is 32.0 Å². The van der Waals surface area contributed by atoms with Crippen molar-refractivity contribution in [3.05, 3.63) is 23.3 Å². The van der Waals surface area contributed by atoms with Crippen LogP contribution in [0.2, 0.25) is 0 Å². The first-order valence-electron chi connectivity index (χ1n) is 8.16. The van der Waals surface area contributed by atoms with Crippen LogP contribution in [0.25, 0.3) is 0 Å². The van der Waals surface area contributed by atoms with Gasteiger partial charge >= 0.3 is 0 Å². The number of ether oxygens (including phenoxy) is 2. The van der Waals surface area contributed by atoms with E-state index in [1.807, 2.05) is 6.92 Å². The Bertz CT molecular complexity index is 544. The molecule has 1 rings (SSSR count). The normalized spacial score (nSPS) is 13.3. The van der Waals surface area contributed by atoms with Gasteiger partial charge in [0.2, 0.25) is 0 Å². The molecule has 0 aliphatic rings. The third-order valence-corrected chi connectivity index (χ3v) is 3.85. The first-order valence-corrected chi connectivity index (χ1v) is 8.16. The monoisotopic (exact) mass is 339 g/mol. The molecule has 0 fully saturated rings. The Balaban J connectivity index is 3.16. The molecule has 0 heterocycles. The van der Waals surface area contributed by atoms with Gasteiger partial charge in [-0.25, -0.2) is 0 Å². The van der Waals surface area contributed by atoms with Gasteiger partial charge in [-0.1, -0.05) is 13.3 Å². The van der Waals surface area contributed by atoms with Crippen molar-refractivity contribution in [2.24, 2.45) is 0 Å². The molecule has 0 aliphatic carbocycles. The molecule has 136 valence electrons. The number of methoxy groups -OCH3 is 2. The van der Waals surface area contributed by atoms with E-state index < -0.39 is 12.2 Å². The Labute approximate surface area is 144 Å². The number of hydrogen-bond acceptors (Lipinski definition) is 5. The van der Waals surface area contributed by atoms with E-state index in [-0.39, 0.29) is 18.7 Å². The summed E-state index contributed by atoms with van der Waals surface area (Å²) in [6.45, 7) is 1.98. The summed E-state index contributed by atoms with van der Waals surface area (Å²) in [5.41, 5.74) is 1.05. The van der Waals surface area contributed by atoms with Crippen molar-refractivity contribution in [2.75, 3.05) is 28.3 Å². The zero-order chi connectivity index (χ0) is 18.3. The highest BCUT2D eigenvalue weighted by atomic mass is 16.5. The maximum absolute atomic E-state index is 12.5. The zero-order valence-corrected chi connectivity index (χ0v) is 15.2. The van der Waals surface area contributed by atoms with Crippen LogP contribution in [0.4, 0.5) is 0 Å². The highest BCUT2D eigenvalue weighted by Crippen LogP contribution is 2.31. The van der Waals surface area contributed by atoms with Crippen molar-refractivity contribution in [3.8, 4) is 11.5 Å². The summed E-state index contributed by atoms with van der Waals surface area (Å²) in [4.78, 5) is 14.0. The third-order valence-electron chi connectivity index (χ3n) is 3.85. The van der Waals surface area contributed by atoms with E-state index in [9.17, 15) is 15.0 Å². The second kappa shape index (κ2) is 9.49. The molecule has 2 N–H and O–H groups in total. The third kappa shape index (κ3) is 5.39. The second-order valence-electron chi connectivity index (χ2n) is 6.10. The molecular formula is C18H29NO5. The number of aliphatic hydroxyl groups excluding tert-OH is 2. The minimum absolute atomic E-state index is 0.203. The van der Waals surface area contributed by atoms with Crippen LogP contribution in [0.3, 0.4) is 0 Å². The fraction of sp³-hybridized carbons (Fsp3) is 0.611. The van der Waals surface area contributed by atoms with E-state index in [1.165, 1.54) is 19.1 Å².